The van der Waals surface area contributed by atoms with E-state index in [1.807, 2.05) is 4.90 Å². The van der Waals surface area contributed by atoms with E-state index >= 15 is 0 Å². The second kappa shape index (κ2) is 4.43. The summed E-state index contributed by atoms with van der Waals surface area (Å²) < 4.78 is 0. The number of rotatable bonds is 1. The monoisotopic (exact) mass is 220 g/mol. The van der Waals surface area contributed by atoms with E-state index in [0.717, 1.165) is 31.6 Å². The average molecular weight is 220 g/mol. The zero-order valence-corrected chi connectivity index (χ0v) is 9.39. The molecule has 0 aromatic heterocycles. The van der Waals surface area contributed by atoms with Gasteiger partial charge >= 0.3 is 6.03 Å². The summed E-state index contributed by atoms with van der Waals surface area (Å²) in [5.41, 5.74) is 0.801. The van der Waals surface area contributed by atoms with Crippen LogP contribution < -0.4 is 4.90 Å². The zero-order valence-electron chi connectivity index (χ0n) is 9.39. The number of aromatic hydroxyl groups is 1. The zero-order chi connectivity index (χ0) is 11.5. The largest absolute Gasteiger partial charge is 0.508 e. The van der Waals surface area contributed by atoms with Crippen molar-refractivity contribution in [2.24, 2.45) is 0 Å². The van der Waals surface area contributed by atoms with E-state index in [1.54, 1.807) is 36.2 Å². The van der Waals surface area contributed by atoms with Crippen LogP contribution in [0.15, 0.2) is 24.3 Å². The number of urea groups is 1. The Hall–Kier alpha value is -1.71. The Labute approximate surface area is 95.1 Å². The minimum Gasteiger partial charge on any atom is -0.508 e. The fraction of sp³-hybridized carbons (Fsp3) is 0.417. The molecule has 2 amide bonds. The molecule has 0 saturated carbocycles. The molecular formula is C12H16N2O2. The Kier molecular flexibility index (Phi) is 2.99. The van der Waals surface area contributed by atoms with E-state index in [-0.39, 0.29) is 11.8 Å². The Morgan fingerprint density at radius 1 is 1.25 bits per heavy atom. The van der Waals surface area contributed by atoms with Gasteiger partial charge in [0.15, 0.2) is 0 Å². The van der Waals surface area contributed by atoms with Crippen molar-refractivity contribution in [1.82, 2.24) is 4.90 Å². The maximum absolute atomic E-state index is 12.0. The van der Waals surface area contributed by atoms with E-state index in [0.29, 0.717) is 0 Å². The lowest BCUT2D eigenvalue weighted by Crippen LogP contribution is -2.39. The number of anilines is 1. The normalized spacial score (nSPS) is 15.2. The lowest BCUT2D eigenvalue weighted by Gasteiger charge is -2.24. The highest BCUT2D eigenvalue weighted by Gasteiger charge is 2.21. The summed E-state index contributed by atoms with van der Waals surface area (Å²) in [7, 11) is 1.76. The first-order chi connectivity index (χ1) is 7.68. The summed E-state index contributed by atoms with van der Waals surface area (Å²) in [6, 6.07) is 6.68. The number of nitrogens with zero attached hydrogens (tertiary/aromatic N) is 2. The first-order valence-electron chi connectivity index (χ1n) is 5.50. The summed E-state index contributed by atoms with van der Waals surface area (Å²) in [5.74, 6) is 0.214. The van der Waals surface area contributed by atoms with Gasteiger partial charge in [-0.2, -0.15) is 0 Å². The van der Waals surface area contributed by atoms with Gasteiger partial charge < -0.3 is 10.0 Å². The minimum atomic E-state index is 0.0307. The van der Waals surface area contributed by atoms with Crippen LogP contribution >= 0.6 is 0 Å². The molecule has 1 saturated heterocycles. The Balaban J connectivity index is 2.08. The van der Waals surface area contributed by atoms with Crippen LogP contribution in [0.1, 0.15) is 12.8 Å². The minimum absolute atomic E-state index is 0.0307. The number of likely N-dealkylation sites (tertiary alicyclic amines) is 1. The van der Waals surface area contributed by atoms with Gasteiger partial charge in [-0.15, -0.1) is 0 Å². The van der Waals surface area contributed by atoms with E-state index in [4.69, 9.17) is 0 Å². The highest BCUT2D eigenvalue weighted by molar-refractivity contribution is 5.91. The molecule has 0 aliphatic carbocycles. The van der Waals surface area contributed by atoms with Gasteiger partial charge in [0.2, 0.25) is 0 Å². The molecule has 1 N–H and O–H groups in total. The SMILES string of the molecule is CN(C(=O)N1CCCC1)c1ccc(O)cc1. The van der Waals surface area contributed by atoms with Gasteiger partial charge in [-0.1, -0.05) is 0 Å². The Morgan fingerprint density at radius 2 is 1.81 bits per heavy atom. The van der Waals surface area contributed by atoms with Gasteiger partial charge in [0.25, 0.3) is 0 Å². The third-order valence-corrected chi connectivity index (χ3v) is 2.90. The quantitative estimate of drug-likeness (QED) is 0.787. The number of hydrogen-bond donors (Lipinski definition) is 1. The molecule has 1 aromatic carbocycles. The van der Waals surface area contributed by atoms with Crippen LogP contribution in [0.3, 0.4) is 0 Å². The van der Waals surface area contributed by atoms with Gasteiger partial charge in [0, 0.05) is 25.8 Å². The second-order valence-electron chi connectivity index (χ2n) is 4.05. The standard InChI is InChI=1S/C12H16N2O2/c1-13(10-4-6-11(15)7-5-10)12(16)14-8-2-3-9-14/h4-7,15H,2-3,8-9H2,1H3. The van der Waals surface area contributed by atoms with Crippen molar-refractivity contribution in [3.63, 3.8) is 0 Å². The topological polar surface area (TPSA) is 43.8 Å². The van der Waals surface area contributed by atoms with Crippen molar-refractivity contribution >= 4 is 11.7 Å². The van der Waals surface area contributed by atoms with Crippen LogP contribution in [-0.2, 0) is 0 Å². The maximum Gasteiger partial charge on any atom is 0.324 e. The summed E-state index contributed by atoms with van der Waals surface area (Å²) >= 11 is 0. The molecule has 2 rings (SSSR count). The van der Waals surface area contributed by atoms with Crippen molar-refractivity contribution in [3.05, 3.63) is 24.3 Å². The molecule has 4 heteroatoms. The molecule has 0 unspecified atom stereocenters. The molecule has 0 bridgehead atoms. The number of carbonyl (C=O) groups is 1. The highest BCUT2D eigenvalue weighted by Crippen LogP contribution is 2.19. The van der Waals surface area contributed by atoms with Crippen LogP contribution in [0.4, 0.5) is 10.5 Å². The van der Waals surface area contributed by atoms with Crippen molar-refractivity contribution < 1.29 is 9.90 Å². The van der Waals surface area contributed by atoms with Crippen LogP contribution in [-0.4, -0.2) is 36.2 Å². The predicted octanol–water partition coefficient (Wildman–Crippen LogP) is 2.04. The Morgan fingerprint density at radius 3 is 2.38 bits per heavy atom. The molecule has 86 valence electrons. The average Bonchev–Trinajstić information content (AvgIpc) is 2.81. The van der Waals surface area contributed by atoms with Crippen LogP contribution in [0.2, 0.25) is 0 Å². The summed E-state index contributed by atoms with van der Waals surface area (Å²) in [4.78, 5) is 15.5. The number of carbonyl (C=O) groups excluding carboxylic acids is 1. The van der Waals surface area contributed by atoms with E-state index in [2.05, 4.69) is 0 Å². The predicted molar refractivity (Wildman–Crippen MR) is 62.7 cm³/mol. The molecular weight excluding hydrogens is 204 g/mol. The molecule has 16 heavy (non-hydrogen) atoms. The van der Waals surface area contributed by atoms with Crippen LogP contribution in [0.5, 0.6) is 5.75 Å². The van der Waals surface area contributed by atoms with Gasteiger partial charge in [-0.05, 0) is 37.1 Å². The second-order valence-corrected chi connectivity index (χ2v) is 4.05. The van der Waals surface area contributed by atoms with Gasteiger partial charge in [-0.3, -0.25) is 4.90 Å². The molecule has 0 radical (unpaired) electrons. The number of amides is 2. The highest BCUT2D eigenvalue weighted by atomic mass is 16.3. The third-order valence-electron chi connectivity index (χ3n) is 2.90. The lowest BCUT2D eigenvalue weighted by atomic mass is 10.3. The van der Waals surface area contributed by atoms with E-state index in [9.17, 15) is 9.90 Å². The molecule has 1 aliphatic rings. The molecule has 1 aliphatic heterocycles. The molecule has 0 spiro atoms. The Bertz CT molecular complexity index is 369. The molecule has 1 heterocycles. The van der Waals surface area contributed by atoms with E-state index in [1.165, 1.54) is 0 Å². The van der Waals surface area contributed by atoms with Gasteiger partial charge in [-0.25, -0.2) is 4.79 Å². The number of phenols is 1. The first kappa shape index (κ1) is 10.8. The number of phenolic OH excluding ortho intramolecular Hbond substituents is 1. The summed E-state index contributed by atoms with van der Waals surface area (Å²) in [6.07, 6.45) is 2.18. The summed E-state index contributed by atoms with van der Waals surface area (Å²) in [6.45, 7) is 1.70. The van der Waals surface area contributed by atoms with Gasteiger partial charge in [0.05, 0.1) is 0 Å². The van der Waals surface area contributed by atoms with Crippen molar-refractivity contribution in [2.45, 2.75) is 12.8 Å². The molecule has 0 atom stereocenters. The first-order valence-corrected chi connectivity index (χ1v) is 5.50. The number of hydrogen-bond acceptors (Lipinski definition) is 2. The third kappa shape index (κ3) is 2.10. The maximum atomic E-state index is 12.0. The smallest absolute Gasteiger partial charge is 0.324 e. The van der Waals surface area contributed by atoms with Crippen molar-refractivity contribution in [1.29, 1.82) is 0 Å². The molecule has 1 fully saturated rings. The van der Waals surface area contributed by atoms with Crippen LogP contribution in [0.25, 0.3) is 0 Å². The summed E-state index contributed by atoms with van der Waals surface area (Å²) in [5, 5.41) is 9.17. The van der Waals surface area contributed by atoms with E-state index < -0.39 is 0 Å². The van der Waals surface area contributed by atoms with Crippen molar-refractivity contribution in [3.8, 4) is 5.75 Å². The molecule has 4 nitrogen and oxygen atoms in total. The lowest BCUT2D eigenvalue weighted by molar-refractivity contribution is 0.217. The fourth-order valence-corrected chi connectivity index (χ4v) is 1.91. The van der Waals surface area contributed by atoms with Crippen LogP contribution in [0, 0.1) is 0 Å². The van der Waals surface area contributed by atoms with Crippen molar-refractivity contribution in [2.75, 3.05) is 25.0 Å². The van der Waals surface area contributed by atoms with Gasteiger partial charge in [0.1, 0.15) is 5.75 Å². The molecule has 1 aromatic rings. The fourth-order valence-electron chi connectivity index (χ4n) is 1.91. The number of benzene rings is 1.